The van der Waals surface area contributed by atoms with Gasteiger partial charge in [0.05, 0.1) is 20.2 Å². The van der Waals surface area contributed by atoms with Crippen LogP contribution >= 0.6 is 0 Å². The van der Waals surface area contributed by atoms with Crippen LogP contribution in [0, 0.1) is 0 Å². The fourth-order valence-corrected chi connectivity index (χ4v) is 4.44. The van der Waals surface area contributed by atoms with Crippen LogP contribution in [0.4, 0.5) is 4.79 Å². The zero-order valence-electron chi connectivity index (χ0n) is 21.8. The maximum absolute atomic E-state index is 13.4. The number of hydrazine groups is 1. The van der Waals surface area contributed by atoms with Crippen LogP contribution in [-0.4, -0.2) is 83.7 Å². The lowest BCUT2D eigenvalue weighted by atomic mass is 10.1. The van der Waals surface area contributed by atoms with Crippen molar-refractivity contribution in [3.8, 4) is 5.75 Å². The van der Waals surface area contributed by atoms with Crippen LogP contribution in [0.1, 0.15) is 31.9 Å². The molecule has 4 amide bonds. The highest BCUT2D eigenvalue weighted by molar-refractivity contribution is 5.83. The summed E-state index contributed by atoms with van der Waals surface area (Å²) in [5, 5.41) is 6.16. The molecule has 9 nitrogen and oxygen atoms in total. The molecule has 1 N–H and O–H groups in total. The largest absolute Gasteiger partial charge is 0.497 e. The minimum Gasteiger partial charge on any atom is -0.497 e. The van der Waals surface area contributed by atoms with Gasteiger partial charge in [-0.1, -0.05) is 42.5 Å². The maximum Gasteiger partial charge on any atom is 0.334 e. The number of hydrogen-bond acceptors (Lipinski definition) is 5. The van der Waals surface area contributed by atoms with E-state index in [-0.39, 0.29) is 37.0 Å². The molecule has 1 aliphatic heterocycles. The van der Waals surface area contributed by atoms with Gasteiger partial charge in [-0.15, -0.1) is 0 Å². The fourth-order valence-electron chi connectivity index (χ4n) is 4.44. The van der Waals surface area contributed by atoms with Crippen LogP contribution in [0.5, 0.6) is 5.75 Å². The molecule has 36 heavy (non-hydrogen) atoms. The molecular weight excluding hydrogens is 458 g/mol. The molecule has 0 aromatic heterocycles. The molecule has 1 aliphatic rings. The van der Waals surface area contributed by atoms with Crippen molar-refractivity contribution in [3.05, 3.63) is 65.7 Å². The number of nitrogens with one attached hydrogen (secondary N) is 1. The molecule has 194 valence electrons. The molecule has 9 heteroatoms. The lowest BCUT2D eigenvalue weighted by Crippen LogP contribution is -2.71. The van der Waals surface area contributed by atoms with Crippen molar-refractivity contribution >= 4 is 17.8 Å². The number of benzene rings is 2. The van der Waals surface area contributed by atoms with E-state index in [1.54, 1.807) is 34.0 Å². The van der Waals surface area contributed by atoms with Gasteiger partial charge in [0.1, 0.15) is 11.9 Å². The van der Waals surface area contributed by atoms with Gasteiger partial charge in [-0.25, -0.2) is 14.8 Å². The van der Waals surface area contributed by atoms with E-state index >= 15 is 0 Å². The summed E-state index contributed by atoms with van der Waals surface area (Å²) in [6.45, 7) is 6.47. The second-order valence-corrected chi connectivity index (χ2v) is 9.24. The molecule has 1 saturated heterocycles. The van der Waals surface area contributed by atoms with Crippen molar-refractivity contribution in [1.29, 1.82) is 0 Å². The summed E-state index contributed by atoms with van der Waals surface area (Å²) >= 11 is 0. The van der Waals surface area contributed by atoms with E-state index in [1.807, 2.05) is 68.4 Å². The van der Waals surface area contributed by atoms with Crippen LogP contribution in [0.2, 0.25) is 0 Å². The van der Waals surface area contributed by atoms with Gasteiger partial charge >= 0.3 is 6.03 Å². The first-order valence-electron chi connectivity index (χ1n) is 12.2. The standard InChI is InChI=1S/C27H37N5O4/c1-20(2)31-25(18-30(21(3)33)16-15-22-11-13-24(36-5)14-12-22)32(29(4)19-26(31)34)27(35)28-17-23-9-7-6-8-10-23/h6-14,20,25H,15-19H2,1-5H3,(H,28,35). The maximum atomic E-state index is 13.4. The normalized spacial score (nSPS) is 16.3. The number of carbonyl (C=O) groups is 3. The lowest BCUT2D eigenvalue weighted by Gasteiger charge is -2.50. The van der Waals surface area contributed by atoms with Crippen LogP contribution < -0.4 is 10.1 Å². The lowest BCUT2D eigenvalue weighted by molar-refractivity contribution is -0.170. The van der Waals surface area contributed by atoms with Gasteiger partial charge in [-0.2, -0.15) is 0 Å². The zero-order valence-corrected chi connectivity index (χ0v) is 21.8. The van der Waals surface area contributed by atoms with Gasteiger partial charge in [0.25, 0.3) is 0 Å². The van der Waals surface area contributed by atoms with Crippen molar-refractivity contribution < 1.29 is 19.1 Å². The minimum atomic E-state index is -0.633. The number of ether oxygens (including phenoxy) is 1. The predicted octanol–water partition coefficient (Wildman–Crippen LogP) is 2.72. The van der Waals surface area contributed by atoms with Crippen molar-refractivity contribution in [2.45, 2.75) is 45.9 Å². The van der Waals surface area contributed by atoms with E-state index < -0.39 is 6.17 Å². The summed E-state index contributed by atoms with van der Waals surface area (Å²) in [4.78, 5) is 42.4. The van der Waals surface area contributed by atoms with Crippen LogP contribution in [-0.2, 0) is 22.6 Å². The number of methoxy groups -OCH3 is 1. The van der Waals surface area contributed by atoms with E-state index in [0.717, 1.165) is 16.9 Å². The number of rotatable bonds is 9. The second kappa shape index (κ2) is 12.4. The zero-order chi connectivity index (χ0) is 26.2. The van der Waals surface area contributed by atoms with Crippen LogP contribution in [0.3, 0.4) is 0 Å². The van der Waals surface area contributed by atoms with Crippen LogP contribution in [0.25, 0.3) is 0 Å². The van der Waals surface area contributed by atoms with Crippen molar-refractivity contribution in [3.63, 3.8) is 0 Å². The number of urea groups is 1. The van der Waals surface area contributed by atoms with Gasteiger partial charge in [0, 0.05) is 33.1 Å². The molecule has 2 aromatic carbocycles. The third-order valence-corrected chi connectivity index (χ3v) is 6.33. The van der Waals surface area contributed by atoms with E-state index in [9.17, 15) is 14.4 Å². The quantitative estimate of drug-likeness (QED) is 0.578. The molecule has 2 aromatic rings. The first kappa shape index (κ1) is 27.0. The minimum absolute atomic E-state index is 0.0803. The van der Waals surface area contributed by atoms with Crippen LogP contribution in [0.15, 0.2) is 54.6 Å². The van der Waals surface area contributed by atoms with E-state index in [1.165, 1.54) is 6.92 Å². The molecule has 0 saturated carbocycles. The van der Waals surface area contributed by atoms with Crippen molar-refractivity contribution in [1.82, 2.24) is 25.1 Å². The van der Waals surface area contributed by atoms with Crippen molar-refractivity contribution in [2.24, 2.45) is 0 Å². The number of nitrogens with zero attached hydrogens (tertiary/aromatic N) is 4. The van der Waals surface area contributed by atoms with Gasteiger partial charge in [-0.3, -0.25) is 9.59 Å². The Morgan fingerprint density at radius 3 is 2.33 bits per heavy atom. The first-order chi connectivity index (χ1) is 17.2. The summed E-state index contributed by atoms with van der Waals surface area (Å²) < 4.78 is 5.22. The average Bonchev–Trinajstić information content (AvgIpc) is 2.85. The first-order valence-corrected chi connectivity index (χ1v) is 12.2. The Kier molecular flexibility index (Phi) is 9.30. The Labute approximate surface area is 213 Å². The molecule has 1 unspecified atom stereocenters. The Morgan fingerprint density at radius 2 is 1.75 bits per heavy atom. The third kappa shape index (κ3) is 6.75. The summed E-state index contributed by atoms with van der Waals surface area (Å²) in [7, 11) is 3.34. The third-order valence-electron chi connectivity index (χ3n) is 6.33. The second-order valence-electron chi connectivity index (χ2n) is 9.24. The number of hydrogen-bond donors (Lipinski definition) is 1. The van der Waals surface area contributed by atoms with Gasteiger partial charge in [0.2, 0.25) is 11.8 Å². The Bertz CT molecular complexity index is 1030. The predicted molar refractivity (Wildman–Crippen MR) is 138 cm³/mol. The Balaban J connectivity index is 1.79. The van der Waals surface area contributed by atoms with Gasteiger partial charge < -0.3 is 19.9 Å². The Hall–Kier alpha value is -3.59. The van der Waals surface area contributed by atoms with Crippen molar-refractivity contribution in [2.75, 3.05) is 33.8 Å². The topological polar surface area (TPSA) is 85.4 Å². The Morgan fingerprint density at radius 1 is 1.08 bits per heavy atom. The fraction of sp³-hybridized carbons (Fsp3) is 0.444. The summed E-state index contributed by atoms with van der Waals surface area (Å²) in [6, 6.07) is 16.9. The molecule has 0 spiro atoms. The number of carbonyl (C=O) groups excluding carboxylic acids is 3. The number of amides is 4. The van der Waals surface area contributed by atoms with Gasteiger partial charge in [0.15, 0.2) is 0 Å². The van der Waals surface area contributed by atoms with E-state index in [4.69, 9.17) is 4.74 Å². The summed E-state index contributed by atoms with van der Waals surface area (Å²) in [5.74, 6) is 0.580. The highest BCUT2D eigenvalue weighted by atomic mass is 16.5. The average molecular weight is 496 g/mol. The highest BCUT2D eigenvalue weighted by Gasteiger charge is 2.42. The molecule has 1 fully saturated rings. The molecule has 1 heterocycles. The van der Waals surface area contributed by atoms with E-state index in [2.05, 4.69) is 5.32 Å². The summed E-state index contributed by atoms with van der Waals surface area (Å²) in [6.07, 6.45) is 0.00823. The smallest absolute Gasteiger partial charge is 0.334 e. The molecule has 0 radical (unpaired) electrons. The van der Waals surface area contributed by atoms with Gasteiger partial charge in [-0.05, 0) is 43.5 Å². The summed E-state index contributed by atoms with van der Waals surface area (Å²) in [5.41, 5.74) is 2.04. The molecule has 0 bridgehead atoms. The monoisotopic (exact) mass is 495 g/mol. The highest BCUT2D eigenvalue weighted by Crippen LogP contribution is 2.21. The SMILES string of the molecule is COc1ccc(CCN(CC2N(C(C)C)C(=O)CN(C)N2C(=O)NCc2ccccc2)C(C)=O)cc1. The number of likely N-dealkylation sites (N-methyl/N-ethyl adjacent to an activating group) is 1. The molecule has 1 atom stereocenters. The molecular formula is C27H37N5O4. The van der Waals surface area contributed by atoms with E-state index in [0.29, 0.717) is 19.5 Å². The molecule has 0 aliphatic carbocycles. The molecule has 3 rings (SSSR count).